The van der Waals surface area contributed by atoms with E-state index in [0.29, 0.717) is 24.6 Å². The summed E-state index contributed by atoms with van der Waals surface area (Å²) in [6.45, 7) is 1.42. The van der Waals surface area contributed by atoms with E-state index < -0.39 is 6.10 Å². The number of hydrogen-bond acceptors (Lipinski definition) is 3. The molecule has 1 saturated heterocycles. The fourth-order valence-corrected chi connectivity index (χ4v) is 3.06. The zero-order valence-electron chi connectivity index (χ0n) is 12.7. The predicted octanol–water partition coefficient (Wildman–Crippen LogP) is 1.54. The van der Waals surface area contributed by atoms with E-state index in [1.165, 1.54) is 5.56 Å². The summed E-state index contributed by atoms with van der Waals surface area (Å²) in [6, 6.07) is 9.11. The van der Waals surface area contributed by atoms with Gasteiger partial charge in [-0.2, -0.15) is 5.10 Å². The average Bonchev–Trinajstić information content (AvgIpc) is 3.16. The molecule has 5 nitrogen and oxygen atoms in total. The van der Waals surface area contributed by atoms with E-state index >= 15 is 0 Å². The van der Waals surface area contributed by atoms with Gasteiger partial charge in [0.25, 0.3) is 5.91 Å². The summed E-state index contributed by atoms with van der Waals surface area (Å²) in [6.07, 6.45) is 4.74. The zero-order valence-corrected chi connectivity index (χ0v) is 12.7. The summed E-state index contributed by atoms with van der Waals surface area (Å²) < 4.78 is 1.80. The first kappa shape index (κ1) is 14.8. The van der Waals surface area contributed by atoms with E-state index in [0.717, 1.165) is 12.8 Å². The lowest BCUT2D eigenvalue weighted by molar-refractivity contribution is -0.139. The second-order valence-corrected chi connectivity index (χ2v) is 5.98. The highest BCUT2D eigenvalue weighted by molar-refractivity contribution is 5.82. The van der Waals surface area contributed by atoms with Crippen LogP contribution in [-0.4, -0.2) is 38.8 Å². The molecule has 1 aliphatic heterocycles. The summed E-state index contributed by atoms with van der Waals surface area (Å²) in [5.74, 6) is 0.246. The molecule has 1 aromatic carbocycles. The topological polar surface area (TPSA) is 58.4 Å². The maximum Gasteiger partial charge on any atom is 0.256 e. The third-order valence-corrected chi connectivity index (χ3v) is 4.23. The van der Waals surface area contributed by atoms with Crippen LogP contribution in [0, 0.1) is 5.92 Å². The normalized spacial score (nSPS) is 19.4. The van der Waals surface area contributed by atoms with Crippen LogP contribution in [0.3, 0.4) is 0 Å². The standard InChI is InChI=1S/C17H21N3O2/c1-19-11-14(10-18-19)9-13-7-8-20(12-13)17(22)16(21)15-5-3-2-4-6-15/h2-6,10-11,13,16,21H,7-9,12H2,1H3. The Labute approximate surface area is 130 Å². The van der Waals surface area contributed by atoms with Gasteiger partial charge < -0.3 is 10.0 Å². The Morgan fingerprint density at radius 2 is 2.18 bits per heavy atom. The van der Waals surface area contributed by atoms with Gasteiger partial charge >= 0.3 is 0 Å². The van der Waals surface area contributed by atoms with E-state index in [1.54, 1.807) is 21.7 Å². The molecule has 0 radical (unpaired) electrons. The first-order chi connectivity index (χ1) is 10.6. The van der Waals surface area contributed by atoms with Crippen molar-refractivity contribution in [3.8, 4) is 0 Å². The number of carbonyl (C=O) groups is 1. The molecule has 1 fully saturated rings. The molecule has 116 valence electrons. The number of aliphatic hydroxyl groups excluding tert-OH is 1. The van der Waals surface area contributed by atoms with Crippen LogP contribution in [0.4, 0.5) is 0 Å². The average molecular weight is 299 g/mol. The largest absolute Gasteiger partial charge is 0.378 e. The molecular weight excluding hydrogens is 278 g/mol. The third-order valence-electron chi connectivity index (χ3n) is 4.23. The van der Waals surface area contributed by atoms with Crippen LogP contribution >= 0.6 is 0 Å². The molecule has 1 N–H and O–H groups in total. The Morgan fingerprint density at radius 3 is 2.86 bits per heavy atom. The van der Waals surface area contributed by atoms with E-state index in [4.69, 9.17) is 0 Å². The molecule has 2 heterocycles. The monoisotopic (exact) mass is 299 g/mol. The van der Waals surface area contributed by atoms with Gasteiger partial charge in [0.2, 0.25) is 0 Å². The van der Waals surface area contributed by atoms with Crippen LogP contribution in [0.5, 0.6) is 0 Å². The minimum atomic E-state index is -1.06. The van der Waals surface area contributed by atoms with Crippen molar-refractivity contribution in [2.75, 3.05) is 13.1 Å². The lowest BCUT2D eigenvalue weighted by Crippen LogP contribution is -2.33. The van der Waals surface area contributed by atoms with Crippen molar-refractivity contribution in [1.29, 1.82) is 0 Å². The number of nitrogens with zero attached hydrogens (tertiary/aromatic N) is 3. The second kappa shape index (κ2) is 6.32. The first-order valence-corrected chi connectivity index (χ1v) is 7.63. The van der Waals surface area contributed by atoms with Gasteiger partial charge in [-0.05, 0) is 29.9 Å². The Hall–Kier alpha value is -2.14. The van der Waals surface area contributed by atoms with Crippen LogP contribution in [0.1, 0.15) is 23.7 Å². The molecule has 2 aromatic rings. The highest BCUT2D eigenvalue weighted by Crippen LogP contribution is 2.24. The number of hydrogen-bond donors (Lipinski definition) is 1. The molecular formula is C17H21N3O2. The number of carbonyl (C=O) groups excluding carboxylic acids is 1. The molecule has 1 aromatic heterocycles. The van der Waals surface area contributed by atoms with Crippen molar-refractivity contribution in [2.24, 2.45) is 13.0 Å². The lowest BCUT2D eigenvalue weighted by atomic mass is 10.0. The number of rotatable bonds is 4. The minimum Gasteiger partial charge on any atom is -0.378 e. The van der Waals surface area contributed by atoms with Gasteiger partial charge in [-0.15, -0.1) is 0 Å². The van der Waals surface area contributed by atoms with Gasteiger partial charge in [0.15, 0.2) is 6.10 Å². The molecule has 22 heavy (non-hydrogen) atoms. The molecule has 0 spiro atoms. The van der Waals surface area contributed by atoms with E-state index in [1.807, 2.05) is 37.6 Å². The van der Waals surface area contributed by atoms with Crippen LogP contribution in [0.25, 0.3) is 0 Å². The molecule has 1 amide bonds. The molecule has 3 rings (SSSR count). The van der Waals surface area contributed by atoms with Crippen LogP contribution in [-0.2, 0) is 18.3 Å². The Balaban J connectivity index is 1.59. The van der Waals surface area contributed by atoms with Crippen LogP contribution < -0.4 is 0 Å². The SMILES string of the molecule is Cn1cc(CC2CCN(C(=O)C(O)c3ccccc3)C2)cn1. The molecule has 0 saturated carbocycles. The van der Waals surface area contributed by atoms with Crippen molar-refractivity contribution < 1.29 is 9.90 Å². The summed E-state index contributed by atoms with van der Waals surface area (Å²) in [5, 5.41) is 14.4. The Kier molecular flexibility index (Phi) is 4.24. The van der Waals surface area contributed by atoms with Crippen LogP contribution in [0.2, 0.25) is 0 Å². The first-order valence-electron chi connectivity index (χ1n) is 7.63. The van der Waals surface area contributed by atoms with Crippen molar-refractivity contribution >= 4 is 5.91 Å². The number of amides is 1. The zero-order chi connectivity index (χ0) is 15.5. The Morgan fingerprint density at radius 1 is 1.41 bits per heavy atom. The molecule has 1 aliphatic rings. The second-order valence-electron chi connectivity index (χ2n) is 5.98. The number of aliphatic hydroxyl groups is 1. The van der Waals surface area contributed by atoms with Gasteiger partial charge in [0.05, 0.1) is 6.20 Å². The molecule has 2 unspecified atom stereocenters. The quantitative estimate of drug-likeness (QED) is 0.932. The molecule has 2 atom stereocenters. The smallest absolute Gasteiger partial charge is 0.256 e. The fraction of sp³-hybridized carbons (Fsp3) is 0.412. The van der Waals surface area contributed by atoms with E-state index in [-0.39, 0.29) is 5.91 Å². The predicted molar refractivity (Wildman–Crippen MR) is 83.0 cm³/mol. The molecule has 0 bridgehead atoms. The van der Waals surface area contributed by atoms with Crippen LogP contribution in [0.15, 0.2) is 42.7 Å². The summed E-state index contributed by atoms with van der Waals surface area (Å²) >= 11 is 0. The lowest BCUT2D eigenvalue weighted by Gasteiger charge is -2.20. The number of aryl methyl sites for hydroxylation is 1. The summed E-state index contributed by atoms with van der Waals surface area (Å²) in [4.78, 5) is 14.2. The van der Waals surface area contributed by atoms with Gasteiger partial charge in [-0.1, -0.05) is 30.3 Å². The highest BCUT2D eigenvalue weighted by Gasteiger charge is 2.30. The number of aromatic nitrogens is 2. The van der Waals surface area contributed by atoms with Crippen molar-refractivity contribution in [2.45, 2.75) is 18.9 Å². The van der Waals surface area contributed by atoms with Crippen molar-refractivity contribution in [3.63, 3.8) is 0 Å². The maximum absolute atomic E-state index is 12.4. The van der Waals surface area contributed by atoms with Crippen molar-refractivity contribution in [1.82, 2.24) is 14.7 Å². The van der Waals surface area contributed by atoms with Gasteiger partial charge in [-0.25, -0.2) is 0 Å². The van der Waals surface area contributed by atoms with Gasteiger partial charge in [0, 0.05) is 26.3 Å². The summed E-state index contributed by atoms with van der Waals surface area (Å²) in [7, 11) is 1.91. The fourth-order valence-electron chi connectivity index (χ4n) is 3.06. The Bertz CT molecular complexity index is 638. The highest BCUT2D eigenvalue weighted by atomic mass is 16.3. The summed E-state index contributed by atoms with van der Waals surface area (Å²) in [5.41, 5.74) is 1.86. The third kappa shape index (κ3) is 3.20. The molecule has 5 heteroatoms. The van der Waals surface area contributed by atoms with Crippen molar-refractivity contribution in [3.05, 3.63) is 53.9 Å². The minimum absolute atomic E-state index is 0.195. The number of likely N-dealkylation sites (tertiary alicyclic amines) is 1. The number of benzene rings is 1. The van der Waals surface area contributed by atoms with Gasteiger partial charge in [-0.3, -0.25) is 9.48 Å². The van der Waals surface area contributed by atoms with Gasteiger partial charge in [0.1, 0.15) is 0 Å². The maximum atomic E-state index is 12.4. The molecule has 0 aliphatic carbocycles. The van der Waals surface area contributed by atoms with E-state index in [9.17, 15) is 9.90 Å². The van der Waals surface area contributed by atoms with E-state index in [2.05, 4.69) is 5.10 Å².